The average molecular weight is 432 g/mol. The van der Waals surface area contributed by atoms with Crippen LogP contribution in [0.4, 0.5) is 5.13 Å². The van der Waals surface area contributed by atoms with Gasteiger partial charge in [0, 0.05) is 6.20 Å². The van der Waals surface area contributed by atoms with Crippen LogP contribution >= 0.6 is 11.3 Å². The number of ether oxygens (including phenoxy) is 1. The van der Waals surface area contributed by atoms with Crippen LogP contribution in [0.1, 0.15) is 27.9 Å². The maximum absolute atomic E-state index is 13.5. The number of methoxy groups -OCH3 is 1. The van der Waals surface area contributed by atoms with Crippen molar-refractivity contribution in [2.75, 3.05) is 12.0 Å². The minimum atomic E-state index is -0.00965. The van der Waals surface area contributed by atoms with E-state index in [1.54, 1.807) is 18.2 Å². The topological polar surface area (TPSA) is 55.3 Å². The highest BCUT2D eigenvalue weighted by Gasteiger charge is 2.23. The highest BCUT2D eigenvalue weighted by Crippen LogP contribution is 2.37. The summed E-state index contributed by atoms with van der Waals surface area (Å²) in [6.45, 7) is 6.55. The number of thiazole rings is 1. The minimum absolute atomic E-state index is 0.00965. The molecule has 0 aliphatic rings. The molecule has 4 aromatic rings. The van der Waals surface area contributed by atoms with Gasteiger partial charge in [0.05, 0.1) is 30.5 Å². The van der Waals surface area contributed by atoms with E-state index in [4.69, 9.17) is 9.72 Å². The fourth-order valence-electron chi connectivity index (χ4n) is 3.48. The van der Waals surface area contributed by atoms with Crippen molar-refractivity contribution < 1.29 is 9.53 Å². The standard InChI is InChI=1S/C25H25N3O2S/c1-16-8-10-19(13-18(16)3)14-22(29)28(15-20-7-5-6-12-26-20)25-27-23-21(30-4)11-9-17(2)24(23)31-25/h5-13H,14-15H2,1-4H3. The minimum Gasteiger partial charge on any atom is -0.494 e. The van der Waals surface area contributed by atoms with Gasteiger partial charge in [-0.15, -0.1) is 0 Å². The molecule has 2 heterocycles. The van der Waals surface area contributed by atoms with Crippen LogP contribution in [0, 0.1) is 20.8 Å². The van der Waals surface area contributed by atoms with Crippen LogP contribution in [-0.2, 0) is 17.8 Å². The van der Waals surface area contributed by atoms with Crippen molar-refractivity contribution in [3.05, 3.63) is 82.7 Å². The van der Waals surface area contributed by atoms with Crippen LogP contribution in [0.15, 0.2) is 54.7 Å². The lowest BCUT2D eigenvalue weighted by Gasteiger charge is -2.20. The van der Waals surface area contributed by atoms with E-state index in [2.05, 4.69) is 31.0 Å². The van der Waals surface area contributed by atoms with Crippen LogP contribution in [0.3, 0.4) is 0 Å². The van der Waals surface area contributed by atoms with Gasteiger partial charge < -0.3 is 4.74 Å². The molecule has 2 aromatic heterocycles. The second kappa shape index (κ2) is 8.86. The van der Waals surface area contributed by atoms with E-state index < -0.39 is 0 Å². The van der Waals surface area contributed by atoms with Crippen molar-refractivity contribution >= 4 is 32.6 Å². The van der Waals surface area contributed by atoms with Gasteiger partial charge >= 0.3 is 0 Å². The molecule has 0 saturated carbocycles. The zero-order valence-corrected chi connectivity index (χ0v) is 19.0. The molecular weight excluding hydrogens is 406 g/mol. The molecule has 0 saturated heterocycles. The van der Waals surface area contributed by atoms with E-state index in [0.29, 0.717) is 23.8 Å². The fraction of sp³-hybridized carbons (Fsp3) is 0.240. The van der Waals surface area contributed by atoms with Gasteiger partial charge in [-0.25, -0.2) is 4.98 Å². The van der Waals surface area contributed by atoms with Crippen LogP contribution in [-0.4, -0.2) is 23.0 Å². The number of carbonyl (C=O) groups excluding carboxylic acids is 1. The number of carbonyl (C=O) groups is 1. The lowest BCUT2D eigenvalue weighted by Crippen LogP contribution is -2.32. The molecule has 4 rings (SSSR count). The number of anilines is 1. The Hall–Kier alpha value is -3.25. The molecular formula is C25H25N3O2S. The smallest absolute Gasteiger partial charge is 0.233 e. The Labute approximate surface area is 186 Å². The van der Waals surface area contributed by atoms with E-state index in [0.717, 1.165) is 27.0 Å². The van der Waals surface area contributed by atoms with Gasteiger partial charge in [-0.2, -0.15) is 0 Å². The van der Waals surface area contributed by atoms with Gasteiger partial charge in [-0.3, -0.25) is 14.7 Å². The molecule has 5 nitrogen and oxygen atoms in total. The summed E-state index contributed by atoms with van der Waals surface area (Å²) < 4.78 is 6.53. The van der Waals surface area contributed by atoms with Crippen molar-refractivity contribution in [1.29, 1.82) is 0 Å². The lowest BCUT2D eigenvalue weighted by molar-refractivity contribution is -0.118. The third kappa shape index (κ3) is 4.44. The van der Waals surface area contributed by atoms with Crippen LogP contribution in [0.2, 0.25) is 0 Å². The van der Waals surface area contributed by atoms with Gasteiger partial charge in [-0.1, -0.05) is 41.7 Å². The Morgan fingerprint density at radius 3 is 2.55 bits per heavy atom. The molecule has 0 radical (unpaired) electrons. The summed E-state index contributed by atoms with van der Waals surface area (Å²) in [6.07, 6.45) is 2.05. The van der Waals surface area contributed by atoms with E-state index in [1.165, 1.54) is 22.5 Å². The summed E-state index contributed by atoms with van der Waals surface area (Å²) >= 11 is 1.51. The summed E-state index contributed by atoms with van der Waals surface area (Å²) in [4.78, 5) is 24.4. The summed E-state index contributed by atoms with van der Waals surface area (Å²) in [5, 5.41) is 0.655. The molecule has 31 heavy (non-hydrogen) atoms. The highest BCUT2D eigenvalue weighted by atomic mass is 32.1. The third-order valence-electron chi connectivity index (χ3n) is 5.42. The first-order valence-corrected chi connectivity index (χ1v) is 11.0. The van der Waals surface area contributed by atoms with Gasteiger partial charge in [0.25, 0.3) is 0 Å². The first kappa shape index (κ1) is 21.0. The van der Waals surface area contributed by atoms with E-state index in [1.807, 2.05) is 43.3 Å². The predicted molar refractivity (Wildman–Crippen MR) is 126 cm³/mol. The number of pyridine rings is 1. The van der Waals surface area contributed by atoms with Crippen molar-refractivity contribution in [2.45, 2.75) is 33.7 Å². The molecule has 0 bridgehead atoms. The molecule has 2 aromatic carbocycles. The molecule has 6 heteroatoms. The number of hydrogen-bond acceptors (Lipinski definition) is 5. The molecule has 1 amide bonds. The molecule has 0 unspecified atom stereocenters. The molecule has 158 valence electrons. The normalized spacial score (nSPS) is 11.0. The molecule has 0 N–H and O–H groups in total. The quantitative estimate of drug-likeness (QED) is 0.410. The van der Waals surface area contributed by atoms with Gasteiger partial charge in [0.1, 0.15) is 11.3 Å². The van der Waals surface area contributed by atoms with Crippen molar-refractivity contribution in [3.8, 4) is 5.75 Å². The number of rotatable bonds is 6. The van der Waals surface area contributed by atoms with Crippen LogP contribution in [0.25, 0.3) is 10.2 Å². The molecule has 0 aliphatic heterocycles. The average Bonchev–Trinajstić information content (AvgIpc) is 3.21. The van der Waals surface area contributed by atoms with Gasteiger partial charge in [0.2, 0.25) is 5.91 Å². The monoisotopic (exact) mass is 431 g/mol. The Balaban J connectivity index is 1.73. The maximum atomic E-state index is 13.5. The number of aromatic nitrogens is 2. The molecule has 0 atom stereocenters. The Morgan fingerprint density at radius 1 is 1.03 bits per heavy atom. The van der Waals surface area contributed by atoms with E-state index in [-0.39, 0.29) is 5.91 Å². The number of hydrogen-bond donors (Lipinski definition) is 0. The lowest BCUT2D eigenvalue weighted by atomic mass is 10.0. The second-order valence-corrected chi connectivity index (χ2v) is 8.63. The van der Waals surface area contributed by atoms with Gasteiger partial charge in [-0.05, 0) is 61.2 Å². The summed E-state index contributed by atoms with van der Waals surface area (Å²) in [6, 6.07) is 15.8. The highest BCUT2D eigenvalue weighted by molar-refractivity contribution is 7.22. The van der Waals surface area contributed by atoms with Crippen molar-refractivity contribution in [2.24, 2.45) is 0 Å². The first-order valence-electron chi connectivity index (χ1n) is 10.2. The molecule has 0 fully saturated rings. The number of benzene rings is 2. The Kier molecular flexibility index (Phi) is 6.00. The summed E-state index contributed by atoms with van der Waals surface area (Å²) in [7, 11) is 1.64. The zero-order valence-electron chi connectivity index (χ0n) is 18.2. The van der Waals surface area contributed by atoms with Crippen LogP contribution < -0.4 is 9.64 Å². The fourth-order valence-corrected chi connectivity index (χ4v) is 4.55. The van der Waals surface area contributed by atoms with Gasteiger partial charge in [0.15, 0.2) is 5.13 Å². The summed E-state index contributed by atoms with van der Waals surface area (Å²) in [5.74, 6) is 0.701. The van der Waals surface area contributed by atoms with Crippen molar-refractivity contribution in [1.82, 2.24) is 9.97 Å². The second-order valence-electron chi connectivity index (χ2n) is 7.66. The molecule has 0 spiro atoms. The first-order chi connectivity index (χ1) is 15.0. The number of nitrogens with zero attached hydrogens (tertiary/aromatic N) is 3. The van der Waals surface area contributed by atoms with Crippen molar-refractivity contribution in [3.63, 3.8) is 0 Å². The van der Waals surface area contributed by atoms with E-state index >= 15 is 0 Å². The molecule has 0 aliphatic carbocycles. The largest absolute Gasteiger partial charge is 0.494 e. The summed E-state index contributed by atoms with van der Waals surface area (Å²) in [5.41, 5.74) is 6.11. The SMILES string of the molecule is COc1ccc(C)c2sc(N(Cc3ccccn3)C(=O)Cc3ccc(C)c(C)c3)nc12. The zero-order chi connectivity index (χ0) is 22.0. The Bertz CT molecular complexity index is 1230. The number of aryl methyl sites for hydroxylation is 3. The number of fused-ring (bicyclic) bond motifs is 1. The maximum Gasteiger partial charge on any atom is 0.233 e. The van der Waals surface area contributed by atoms with E-state index in [9.17, 15) is 4.79 Å². The predicted octanol–water partition coefficient (Wildman–Crippen LogP) is 5.40. The Morgan fingerprint density at radius 2 is 1.84 bits per heavy atom. The van der Waals surface area contributed by atoms with Crippen LogP contribution in [0.5, 0.6) is 5.75 Å². The number of amides is 1. The third-order valence-corrected chi connectivity index (χ3v) is 6.63.